The molecule has 2 rings (SSSR count). The second-order valence-corrected chi connectivity index (χ2v) is 9.26. The summed E-state index contributed by atoms with van der Waals surface area (Å²) in [7, 11) is 0. The maximum Gasteiger partial charge on any atom is 0.288 e. The van der Waals surface area contributed by atoms with Gasteiger partial charge < -0.3 is 5.11 Å². The standard InChI is InChI=1S/C15H19O3S2/c1-14(2,3)7-9(16)10(17)8(15(4,5)6)12-11(7)19-13(18)20-12/h16H,1-6H3. The fourth-order valence-electron chi connectivity index (χ4n) is 2.43. The molecule has 20 heavy (non-hydrogen) atoms. The van der Waals surface area contributed by atoms with E-state index in [2.05, 4.69) is 0 Å². The van der Waals surface area contributed by atoms with Gasteiger partial charge in [-0.05, 0) is 10.8 Å². The van der Waals surface area contributed by atoms with Crippen LogP contribution in [-0.2, 0) is 15.9 Å². The third-order valence-electron chi connectivity index (χ3n) is 3.21. The molecule has 0 bridgehead atoms. The predicted molar refractivity (Wildman–Crippen MR) is 85.2 cm³/mol. The second-order valence-electron chi connectivity index (χ2n) is 7.04. The molecule has 109 valence electrons. The van der Waals surface area contributed by atoms with E-state index < -0.39 is 5.41 Å². The zero-order valence-corrected chi connectivity index (χ0v) is 14.2. The Morgan fingerprint density at radius 3 is 1.65 bits per heavy atom. The molecule has 1 heterocycles. The van der Waals surface area contributed by atoms with Crippen molar-refractivity contribution < 1.29 is 10.2 Å². The second kappa shape index (κ2) is 4.46. The van der Waals surface area contributed by atoms with Gasteiger partial charge in [-0.3, -0.25) is 9.90 Å². The van der Waals surface area contributed by atoms with Gasteiger partial charge in [0.25, 0.3) is 4.06 Å². The van der Waals surface area contributed by atoms with Gasteiger partial charge in [-0.25, -0.2) is 0 Å². The fraction of sp³-hybridized carbons (Fsp3) is 0.533. The van der Waals surface area contributed by atoms with E-state index in [1.165, 1.54) is 0 Å². The lowest BCUT2D eigenvalue weighted by molar-refractivity contribution is 0.310. The monoisotopic (exact) mass is 311 g/mol. The van der Waals surface area contributed by atoms with Gasteiger partial charge in [0.05, 0.1) is 9.40 Å². The molecule has 1 aromatic heterocycles. The molecule has 0 spiro atoms. The molecule has 3 nitrogen and oxygen atoms in total. The number of phenolic OH excluding ortho intramolecular Hbond substituents is 1. The minimum absolute atomic E-state index is 0.0407. The predicted octanol–water partition coefficient (Wildman–Crippen LogP) is 4.77. The molecule has 0 aliphatic heterocycles. The summed E-state index contributed by atoms with van der Waals surface area (Å²) in [6, 6.07) is 0. The topological polar surface area (TPSA) is 57.2 Å². The third-order valence-corrected chi connectivity index (χ3v) is 5.40. The molecule has 0 aliphatic carbocycles. The minimum atomic E-state index is -0.409. The number of fused-ring (bicyclic) bond motifs is 1. The lowest BCUT2D eigenvalue weighted by Gasteiger charge is -2.26. The van der Waals surface area contributed by atoms with Gasteiger partial charge >= 0.3 is 0 Å². The zero-order valence-electron chi connectivity index (χ0n) is 12.6. The maximum absolute atomic E-state index is 12.6. The number of benzene rings is 1. The maximum atomic E-state index is 12.6. The Balaban J connectivity index is 3.08. The van der Waals surface area contributed by atoms with Gasteiger partial charge in [0.15, 0.2) is 5.75 Å². The van der Waals surface area contributed by atoms with E-state index in [1.807, 2.05) is 41.5 Å². The van der Waals surface area contributed by atoms with Crippen LogP contribution in [0.25, 0.3) is 9.40 Å². The van der Waals surface area contributed by atoms with Crippen molar-refractivity contribution in [3.05, 3.63) is 20.0 Å². The average Bonchev–Trinajstić information content (AvgIpc) is 2.55. The van der Waals surface area contributed by atoms with Crippen molar-refractivity contribution in [2.24, 2.45) is 0 Å². The van der Waals surface area contributed by atoms with Crippen LogP contribution in [0.3, 0.4) is 0 Å². The Morgan fingerprint density at radius 2 is 1.25 bits per heavy atom. The first kappa shape index (κ1) is 15.3. The largest absolute Gasteiger partial charge is 0.504 e. The quantitative estimate of drug-likeness (QED) is 0.762. The van der Waals surface area contributed by atoms with Crippen LogP contribution in [0.4, 0.5) is 0 Å². The van der Waals surface area contributed by atoms with Crippen molar-refractivity contribution >= 4 is 32.1 Å². The summed E-state index contributed by atoms with van der Waals surface area (Å²) in [6.45, 7) is 11.6. The molecule has 1 N–H and O–H groups in total. The van der Waals surface area contributed by atoms with E-state index >= 15 is 0 Å². The number of hydrogen-bond donors (Lipinski definition) is 1. The van der Waals surface area contributed by atoms with Gasteiger partial charge in [0.2, 0.25) is 5.75 Å². The summed E-state index contributed by atoms with van der Waals surface area (Å²) >= 11 is 2.23. The van der Waals surface area contributed by atoms with E-state index in [9.17, 15) is 15.0 Å². The fourth-order valence-corrected chi connectivity index (χ4v) is 5.07. The van der Waals surface area contributed by atoms with Crippen LogP contribution in [0.15, 0.2) is 4.79 Å². The summed E-state index contributed by atoms with van der Waals surface area (Å²) in [5.41, 5.74) is 0.338. The summed E-state index contributed by atoms with van der Waals surface area (Å²) in [6.07, 6.45) is 0. The van der Waals surface area contributed by atoms with E-state index in [-0.39, 0.29) is 21.0 Å². The highest BCUT2D eigenvalue weighted by atomic mass is 32.2. The molecule has 0 atom stereocenters. The van der Waals surface area contributed by atoms with Gasteiger partial charge in [-0.2, -0.15) is 0 Å². The molecule has 1 aromatic carbocycles. The van der Waals surface area contributed by atoms with Crippen LogP contribution in [0.5, 0.6) is 11.5 Å². The van der Waals surface area contributed by atoms with Crippen molar-refractivity contribution in [2.45, 2.75) is 52.4 Å². The smallest absolute Gasteiger partial charge is 0.288 e. The summed E-state index contributed by atoms with van der Waals surface area (Å²) in [5, 5.41) is 22.9. The van der Waals surface area contributed by atoms with E-state index in [4.69, 9.17) is 0 Å². The van der Waals surface area contributed by atoms with Crippen molar-refractivity contribution in [3.63, 3.8) is 0 Å². The zero-order chi connectivity index (χ0) is 15.5. The Morgan fingerprint density at radius 1 is 0.850 bits per heavy atom. The van der Waals surface area contributed by atoms with Crippen molar-refractivity contribution in [3.8, 4) is 11.5 Å². The van der Waals surface area contributed by atoms with Crippen molar-refractivity contribution in [1.82, 2.24) is 0 Å². The van der Waals surface area contributed by atoms with Gasteiger partial charge in [0, 0.05) is 11.1 Å². The normalized spacial score (nSPS) is 13.1. The Kier molecular flexibility index (Phi) is 3.42. The van der Waals surface area contributed by atoms with Crippen LogP contribution < -0.4 is 4.06 Å². The minimum Gasteiger partial charge on any atom is -0.504 e. The molecule has 0 saturated carbocycles. The molecule has 0 unspecified atom stereocenters. The third kappa shape index (κ3) is 2.33. The molecular weight excluding hydrogens is 292 g/mol. The van der Waals surface area contributed by atoms with E-state index in [0.29, 0.717) is 11.1 Å². The van der Waals surface area contributed by atoms with Crippen molar-refractivity contribution in [1.29, 1.82) is 0 Å². The first-order valence-electron chi connectivity index (χ1n) is 6.45. The summed E-state index contributed by atoms with van der Waals surface area (Å²) in [4.78, 5) is 11.8. The number of phenols is 1. The molecular formula is C15H19O3S2. The first-order chi connectivity index (χ1) is 8.94. The molecule has 0 amide bonds. The Labute approximate surface area is 126 Å². The van der Waals surface area contributed by atoms with Crippen LogP contribution >= 0.6 is 22.7 Å². The molecule has 2 aromatic rings. The molecule has 0 saturated heterocycles. The van der Waals surface area contributed by atoms with E-state index in [1.54, 1.807) is 0 Å². The summed E-state index contributed by atoms with van der Waals surface area (Å²) < 4.78 is 1.45. The van der Waals surface area contributed by atoms with E-state index in [0.717, 1.165) is 32.1 Å². The molecule has 0 fully saturated rings. The Hall–Kier alpha value is -1.07. The highest BCUT2D eigenvalue weighted by Crippen LogP contribution is 2.51. The van der Waals surface area contributed by atoms with Gasteiger partial charge in [-0.1, -0.05) is 64.2 Å². The summed E-state index contributed by atoms with van der Waals surface area (Å²) in [5.74, 6) is -0.548. The highest BCUT2D eigenvalue weighted by Gasteiger charge is 2.33. The lowest BCUT2D eigenvalue weighted by Crippen LogP contribution is -2.15. The van der Waals surface area contributed by atoms with Crippen LogP contribution in [-0.4, -0.2) is 5.11 Å². The average molecular weight is 311 g/mol. The lowest BCUT2D eigenvalue weighted by atomic mass is 9.80. The number of hydrogen-bond acceptors (Lipinski definition) is 4. The number of rotatable bonds is 0. The van der Waals surface area contributed by atoms with Gasteiger partial charge in [0.1, 0.15) is 0 Å². The molecule has 1 radical (unpaired) electrons. The van der Waals surface area contributed by atoms with Crippen molar-refractivity contribution in [2.75, 3.05) is 0 Å². The molecule has 5 heteroatoms. The first-order valence-corrected chi connectivity index (χ1v) is 8.08. The van der Waals surface area contributed by atoms with Gasteiger partial charge in [-0.15, -0.1) is 0 Å². The molecule has 0 aliphatic rings. The number of aromatic hydroxyl groups is 1. The van der Waals surface area contributed by atoms with Crippen LogP contribution in [0.2, 0.25) is 0 Å². The van der Waals surface area contributed by atoms with Crippen LogP contribution in [0, 0.1) is 0 Å². The van der Waals surface area contributed by atoms with Crippen LogP contribution in [0.1, 0.15) is 52.7 Å². The SMILES string of the molecule is CC(C)(C)c1c([O])c(O)c(C(C)(C)C)c2sc(=O)sc12. The highest BCUT2D eigenvalue weighted by molar-refractivity contribution is 7.35. The Bertz CT molecular complexity index is 665.